The molecule has 5 aromatic rings. The van der Waals surface area contributed by atoms with Crippen LogP contribution in [-0.2, 0) is 17.8 Å². The van der Waals surface area contributed by atoms with Crippen LogP contribution in [0.4, 0.5) is 0 Å². The Bertz CT molecular complexity index is 1480. The van der Waals surface area contributed by atoms with E-state index in [4.69, 9.17) is 11.6 Å². The smallest absolute Gasteiger partial charge is 0.279 e. The van der Waals surface area contributed by atoms with E-state index in [2.05, 4.69) is 20.9 Å². The molecule has 3 heterocycles. The van der Waals surface area contributed by atoms with Crippen molar-refractivity contribution in [2.75, 3.05) is 0 Å². The number of aromatic amines is 1. The third-order valence-corrected chi connectivity index (χ3v) is 6.82. The van der Waals surface area contributed by atoms with Crippen LogP contribution in [-0.4, -0.2) is 26.6 Å². The van der Waals surface area contributed by atoms with Gasteiger partial charge in [-0.05, 0) is 42.3 Å². The van der Waals surface area contributed by atoms with Crippen molar-refractivity contribution in [1.29, 1.82) is 0 Å². The fraction of sp³-hybridized carbons (Fsp3) is 0.125. The summed E-state index contributed by atoms with van der Waals surface area (Å²) in [7, 11) is 0. The van der Waals surface area contributed by atoms with Gasteiger partial charge in [0.05, 0.1) is 23.5 Å². The summed E-state index contributed by atoms with van der Waals surface area (Å²) in [6.07, 6.45) is 1.97. The van der Waals surface area contributed by atoms with E-state index in [1.807, 2.05) is 72.4 Å². The number of para-hydroxylation sites is 1. The van der Waals surface area contributed by atoms with Crippen molar-refractivity contribution in [2.45, 2.75) is 19.9 Å². The second kappa shape index (κ2) is 8.73. The highest BCUT2D eigenvalue weighted by molar-refractivity contribution is 7.20. The maximum atomic E-state index is 12.7. The fourth-order valence-corrected chi connectivity index (χ4v) is 4.96. The summed E-state index contributed by atoms with van der Waals surface area (Å²) in [6, 6.07) is 17.2. The number of carbonyl (C=O) groups excluding carboxylic acids is 2. The van der Waals surface area contributed by atoms with Gasteiger partial charge < -0.3 is 4.98 Å². The lowest BCUT2D eigenvalue weighted by Crippen LogP contribution is -2.42. The molecular formula is C24H20ClN5O2S. The van der Waals surface area contributed by atoms with E-state index in [0.29, 0.717) is 16.4 Å². The normalized spacial score (nSPS) is 11.2. The van der Waals surface area contributed by atoms with E-state index in [-0.39, 0.29) is 18.2 Å². The molecule has 0 fully saturated rings. The van der Waals surface area contributed by atoms with Crippen molar-refractivity contribution in [1.82, 2.24) is 25.6 Å². The summed E-state index contributed by atoms with van der Waals surface area (Å²) >= 11 is 7.31. The molecule has 3 N–H and O–H groups in total. The van der Waals surface area contributed by atoms with Crippen LogP contribution >= 0.6 is 22.9 Å². The maximum absolute atomic E-state index is 12.7. The van der Waals surface area contributed by atoms with Crippen LogP contribution in [0.15, 0.2) is 60.8 Å². The highest BCUT2D eigenvalue weighted by Gasteiger charge is 2.17. The van der Waals surface area contributed by atoms with Crippen LogP contribution in [0, 0.1) is 6.92 Å². The number of nitrogens with zero attached hydrogens (tertiary/aromatic N) is 2. The molecule has 7 nitrogen and oxygen atoms in total. The second-order valence-corrected chi connectivity index (χ2v) is 9.20. The van der Waals surface area contributed by atoms with Crippen molar-refractivity contribution in [3.05, 3.63) is 87.5 Å². The number of aryl methyl sites for hydroxylation is 1. The second-order valence-electron chi connectivity index (χ2n) is 7.74. The summed E-state index contributed by atoms with van der Waals surface area (Å²) in [6.45, 7) is 2.49. The van der Waals surface area contributed by atoms with Crippen molar-refractivity contribution in [2.24, 2.45) is 0 Å². The molecule has 3 aromatic heterocycles. The number of benzene rings is 2. The van der Waals surface area contributed by atoms with Gasteiger partial charge in [-0.3, -0.25) is 25.1 Å². The highest BCUT2D eigenvalue weighted by atomic mass is 35.5. The standard InChI is InChI=1S/C24H20ClN5O2S/c1-14-19-11-21(33-24(19)30(29-14)13-15-6-8-17(25)9-7-15)23(32)28-27-22(31)10-16-12-26-20-5-3-2-4-18(16)20/h2-9,11-12,26H,10,13H2,1H3,(H,27,31)(H,28,32). The summed E-state index contributed by atoms with van der Waals surface area (Å²) in [5.41, 5.74) is 8.79. The lowest BCUT2D eigenvalue weighted by atomic mass is 10.1. The number of hydrogen-bond acceptors (Lipinski definition) is 4. The summed E-state index contributed by atoms with van der Waals surface area (Å²) in [4.78, 5) is 29.6. The molecule has 0 radical (unpaired) electrons. The molecule has 0 aliphatic rings. The van der Waals surface area contributed by atoms with Crippen LogP contribution in [0.2, 0.25) is 5.02 Å². The summed E-state index contributed by atoms with van der Waals surface area (Å²) < 4.78 is 1.88. The summed E-state index contributed by atoms with van der Waals surface area (Å²) in [5, 5.41) is 7.19. The zero-order valence-electron chi connectivity index (χ0n) is 17.7. The first-order chi connectivity index (χ1) is 16.0. The molecule has 0 aliphatic carbocycles. The minimum absolute atomic E-state index is 0.159. The molecule has 0 aliphatic heterocycles. The number of nitrogens with one attached hydrogen (secondary N) is 3. The quantitative estimate of drug-likeness (QED) is 0.323. The Balaban J connectivity index is 1.26. The molecule has 0 unspecified atom stereocenters. The van der Waals surface area contributed by atoms with Crippen LogP contribution < -0.4 is 10.9 Å². The van der Waals surface area contributed by atoms with Gasteiger partial charge in [-0.25, -0.2) is 0 Å². The van der Waals surface area contributed by atoms with Crippen molar-refractivity contribution >= 4 is 55.9 Å². The van der Waals surface area contributed by atoms with Crippen LogP contribution in [0.25, 0.3) is 21.1 Å². The molecule has 9 heteroatoms. The number of halogens is 1. The zero-order chi connectivity index (χ0) is 22.9. The monoisotopic (exact) mass is 477 g/mol. The average Bonchev–Trinajstić information content (AvgIpc) is 3.50. The Labute approximate surface area is 198 Å². The number of hydrogen-bond donors (Lipinski definition) is 3. The van der Waals surface area contributed by atoms with Gasteiger partial charge >= 0.3 is 0 Å². The largest absolute Gasteiger partial charge is 0.361 e. The van der Waals surface area contributed by atoms with Crippen molar-refractivity contribution in [3.8, 4) is 0 Å². The molecule has 0 spiro atoms. The Hall–Kier alpha value is -3.62. The van der Waals surface area contributed by atoms with Gasteiger partial charge in [-0.2, -0.15) is 5.10 Å². The SMILES string of the molecule is Cc1nn(Cc2ccc(Cl)cc2)c2sc(C(=O)NNC(=O)Cc3c[nH]c4ccccc34)cc12. The Morgan fingerprint density at radius 1 is 1.09 bits per heavy atom. The third kappa shape index (κ3) is 4.35. The van der Waals surface area contributed by atoms with Gasteiger partial charge in [0.1, 0.15) is 4.83 Å². The van der Waals surface area contributed by atoms with E-state index < -0.39 is 0 Å². The molecule has 33 heavy (non-hydrogen) atoms. The van der Waals surface area contributed by atoms with Crippen molar-refractivity contribution < 1.29 is 9.59 Å². The Morgan fingerprint density at radius 3 is 2.70 bits per heavy atom. The van der Waals surface area contributed by atoms with Crippen LogP contribution in [0.3, 0.4) is 0 Å². The molecule has 0 atom stereocenters. The lowest BCUT2D eigenvalue weighted by Gasteiger charge is -2.06. The number of thiophene rings is 1. The molecule has 2 amide bonds. The molecule has 2 aromatic carbocycles. The number of amides is 2. The van der Waals surface area contributed by atoms with E-state index >= 15 is 0 Å². The van der Waals surface area contributed by atoms with E-state index in [1.54, 1.807) is 0 Å². The Kier molecular flexibility index (Phi) is 5.62. The minimum Gasteiger partial charge on any atom is -0.361 e. The van der Waals surface area contributed by atoms with Gasteiger partial charge in [0.15, 0.2) is 0 Å². The minimum atomic E-state index is -0.360. The Morgan fingerprint density at radius 2 is 1.88 bits per heavy atom. The lowest BCUT2D eigenvalue weighted by molar-refractivity contribution is -0.121. The van der Waals surface area contributed by atoms with Gasteiger partial charge in [0.2, 0.25) is 5.91 Å². The molecule has 166 valence electrons. The van der Waals surface area contributed by atoms with Crippen LogP contribution in [0.5, 0.6) is 0 Å². The zero-order valence-corrected chi connectivity index (χ0v) is 19.3. The number of carbonyl (C=O) groups is 2. The predicted octanol–water partition coefficient (Wildman–Crippen LogP) is 4.59. The number of hydrazine groups is 1. The van der Waals surface area contributed by atoms with Gasteiger partial charge in [0.25, 0.3) is 5.91 Å². The van der Waals surface area contributed by atoms with E-state index in [1.165, 1.54) is 11.3 Å². The molecular weight excluding hydrogens is 458 g/mol. The highest BCUT2D eigenvalue weighted by Crippen LogP contribution is 2.29. The average molecular weight is 478 g/mol. The number of aromatic nitrogens is 3. The topological polar surface area (TPSA) is 91.8 Å². The molecule has 5 rings (SSSR count). The van der Waals surface area contributed by atoms with Crippen LogP contribution in [0.1, 0.15) is 26.5 Å². The van der Waals surface area contributed by atoms with Crippen molar-refractivity contribution in [3.63, 3.8) is 0 Å². The first-order valence-electron chi connectivity index (χ1n) is 10.3. The van der Waals surface area contributed by atoms with Gasteiger partial charge in [-0.1, -0.05) is 41.9 Å². The predicted molar refractivity (Wildman–Crippen MR) is 131 cm³/mol. The third-order valence-electron chi connectivity index (χ3n) is 5.42. The number of H-pyrrole nitrogens is 1. The molecule has 0 saturated heterocycles. The molecule has 0 saturated carbocycles. The summed E-state index contributed by atoms with van der Waals surface area (Å²) in [5.74, 6) is -0.653. The maximum Gasteiger partial charge on any atom is 0.279 e. The first kappa shape index (κ1) is 21.2. The van der Waals surface area contributed by atoms with E-state index in [0.717, 1.165) is 37.9 Å². The molecule has 0 bridgehead atoms. The van der Waals surface area contributed by atoms with Gasteiger partial charge in [-0.15, -0.1) is 11.3 Å². The van der Waals surface area contributed by atoms with Gasteiger partial charge in [0, 0.05) is 27.5 Å². The fourth-order valence-electron chi connectivity index (χ4n) is 3.78. The number of fused-ring (bicyclic) bond motifs is 2. The first-order valence-corrected chi connectivity index (χ1v) is 11.5. The number of rotatable bonds is 5. The van der Waals surface area contributed by atoms with E-state index in [9.17, 15) is 9.59 Å².